The van der Waals surface area contributed by atoms with Crippen molar-refractivity contribution in [3.05, 3.63) is 89.7 Å². The molecule has 0 bridgehead atoms. The zero-order chi connectivity index (χ0) is 24.9. The van der Waals surface area contributed by atoms with Crippen LogP contribution in [0.5, 0.6) is 0 Å². The number of sulfonamides is 1. The van der Waals surface area contributed by atoms with Crippen LogP contribution < -0.4 is 10.0 Å². The fraction of sp³-hybridized carbons (Fsp3) is 0.125. The third kappa shape index (κ3) is 6.26. The van der Waals surface area contributed by atoms with Crippen molar-refractivity contribution in [2.45, 2.75) is 24.8 Å². The predicted octanol–water partition coefficient (Wildman–Crippen LogP) is 4.01. The molecule has 0 aliphatic heterocycles. The summed E-state index contributed by atoms with van der Waals surface area (Å²) in [6.07, 6.45) is -1.14. The molecule has 2 N–H and O–H groups in total. The Bertz CT molecular complexity index is 1320. The highest BCUT2D eigenvalue weighted by atomic mass is 32.2. The first-order chi connectivity index (χ1) is 16.0. The number of hydrogen-bond acceptors (Lipinski definition) is 6. The zero-order valence-electron chi connectivity index (χ0n) is 18.2. The first kappa shape index (κ1) is 24.6. The van der Waals surface area contributed by atoms with Gasteiger partial charge in [0, 0.05) is 23.9 Å². The molecule has 8 nitrogen and oxygen atoms in total. The monoisotopic (exact) mass is 484 g/mol. The number of rotatable bonds is 8. The van der Waals surface area contributed by atoms with Gasteiger partial charge in [0.25, 0.3) is 10.0 Å². The van der Waals surface area contributed by atoms with Crippen molar-refractivity contribution in [2.75, 3.05) is 10.0 Å². The Morgan fingerprint density at radius 3 is 2.12 bits per heavy atom. The van der Waals surface area contributed by atoms with Crippen molar-refractivity contribution in [2.24, 2.45) is 0 Å². The van der Waals surface area contributed by atoms with Crippen LogP contribution in [0.1, 0.15) is 34.6 Å². The maximum absolute atomic E-state index is 13.0. The van der Waals surface area contributed by atoms with E-state index in [-0.39, 0.29) is 27.6 Å². The number of Topliss-reactive ketones (excluding diaryl/α,β-unsaturated/α-hetero) is 1. The minimum atomic E-state index is -4.06. The van der Waals surface area contributed by atoms with Gasteiger partial charge in [-0.25, -0.2) is 17.6 Å². The number of halogens is 1. The average molecular weight is 485 g/mol. The number of nitrogens with one attached hydrogen (secondary N) is 2. The van der Waals surface area contributed by atoms with Crippen molar-refractivity contribution < 1.29 is 31.9 Å². The van der Waals surface area contributed by atoms with E-state index >= 15 is 0 Å². The highest BCUT2D eigenvalue weighted by Gasteiger charge is 2.22. The van der Waals surface area contributed by atoms with Gasteiger partial charge in [0.1, 0.15) is 5.82 Å². The smallest absolute Gasteiger partial charge is 0.338 e. The zero-order valence-corrected chi connectivity index (χ0v) is 19.1. The fourth-order valence-corrected chi connectivity index (χ4v) is 4.06. The molecular weight excluding hydrogens is 463 g/mol. The van der Waals surface area contributed by atoms with E-state index in [1.165, 1.54) is 56.3 Å². The second-order valence-electron chi connectivity index (χ2n) is 7.31. The van der Waals surface area contributed by atoms with Crippen LogP contribution in [0.2, 0.25) is 0 Å². The molecule has 1 unspecified atom stereocenters. The highest BCUT2D eigenvalue weighted by Crippen LogP contribution is 2.19. The van der Waals surface area contributed by atoms with E-state index in [0.717, 1.165) is 18.2 Å². The molecule has 1 amide bonds. The van der Waals surface area contributed by atoms with Crippen molar-refractivity contribution in [3.8, 4) is 0 Å². The van der Waals surface area contributed by atoms with Gasteiger partial charge in [0.2, 0.25) is 11.7 Å². The summed E-state index contributed by atoms with van der Waals surface area (Å²) in [4.78, 5) is 36.0. The molecule has 0 saturated carbocycles. The summed E-state index contributed by atoms with van der Waals surface area (Å²) in [6, 6.07) is 16.0. The largest absolute Gasteiger partial charge is 0.451 e. The van der Waals surface area contributed by atoms with Crippen LogP contribution in [-0.2, 0) is 19.6 Å². The molecule has 0 spiro atoms. The Kier molecular flexibility index (Phi) is 7.42. The van der Waals surface area contributed by atoms with E-state index in [0.29, 0.717) is 5.69 Å². The maximum Gasteiger partial charge on any atom is 0.338 e. The minimum absolute atomic E-state index is 0.0670. The van der Waals surface area contributed by atoms with Gasteiger partial charge < -0.3 is 10.1 Å². The molecule has 0 radical (unpaired) electrons. The van der Waals surface area contributed by atoms with Crippen LogP contribution in [0.4, 0.5) is 15.8 Å². The van der Waals surface area contributed by atoms with Crippen LogP contribution in [-0.4, -0.2) is 32.2 Å². The summed E-state index contributed by atoms with van der Waals surface area (Å²) >= 11 is 0. The van der Waals surface area contributed by atoms with E-state index in [1.807, 2.05) is 0 Å². The third-order valence-corrected chi connectivity index (χ3v) is 6.00. The molecule has 3 aromatic carbocycles. The van der Waals surface area contributed by atoms with Crippen LogP contribution in [0.25, 0.3) is 0 Å². The second kappa shape index (κ2) is 10.3. The molecule has 0 aromatic heterocycles. The summed E-state index contributed by atoms with van der Waals surface area (Å²) in [7, 11) is -4.06. The third-order valence-electron chi connectivity index (χ3n) is 4.62. The predicted molar refractivity (Wildman–Crippen MR) is 124 cm³/mol. The van der Waals surface area contributed by atoms with Crippen molar-refractivity contribution >= 4 is 39.1 Å². The fourth-order valence-electron chi connectivity index (χ4n) is 2.96. The lowest BCUT2D eigenvalue weighted by atomic mass is 10.1. The lowest BCUT2D eigenvalue weighted by molar-refractivity contribution is -0.114. The Morgan fingerprint density at radius 1 is 0.882 bits per heavy atom. The van der Waals surface area contributed by atoms with Gasteiger partial charge in [-0.2, -0.15) is 0 Å². The van der Waals surface area contributed by atoms with E-state index in [9.17, 15) is 27.2 Å². The number of carbonyl (C=O) groups excluding carboxylic acids is 3. The standard InChI is InChI=1S/C24H21FN2O6S/c1-15(23(29)17-6-10-20(11-7-17)26-16(2)28)33-24(30)18-4-3-5-22(14-18)34(31,32)27-21-12-8-19(25)9-13-21/h3-15,27H,1-2H3,(H,26,28). The van der Waals surface area contributed by atoms with E-state index in [4.69, 9.17) is 4.74 Å². The molecule has 34 heavy (non-hydrogen) atoms. The number of amides is 1. The molecule has 0 saturated heterocycles. The normalized spacial score (nSPS) is 11.9. The quantitative estimate of drug-likeness (QED) is 0.368. The van der Waals surface area contributed by atoms with Gasteiger partial charge in [0.15, 0.2) is 6.10 Å². The lowest BCUT2D eigenvalue weighted by Gasteiger charge is -2.14. The van der Waals surface area contributed by atoms with Crippen molar-refractivity contribution in [1.29, 1.82) is 0 Å². The Labute approximate surface area is 195 Å². The van der Waals surface area contributed by atoms with Crippen molar-refractivity contribution in [3.63, 3.8) is 0 Å². The SMILES string of the molecule is CC(=O)Nc1ccc(C(=O)C(C)OC(=O)c2cccc(S(=O)(=O)Nc3ccc(F)cc3)c2)cc1. The number of anilines is 2. The van der Waals surface area contributed by atoms with Gasteiger partial charge in [-0.1, -0.05) is 6.07 Å². The molecular formula is C24H21FN2O6S. The van der Waals surface area contributed by atoms with Gasteiger partial charge >= 0.3 is 5.97 Å². The Hall–Kier alpha value is -4.05. The highest BCUT2D eigenvalue weighted by molar-refractivity contribution is 7.92. The minimum Gasteiger partial charge on any atom is -0.451 e. The molecule has 176 valence electrons. The van der Waals surface area contributed by atoms with Crippen LogP contribution in [0.15, 0.2) is 77.7 Å². The molecule has 1 atom stereocenters. The van der Waals surface area contributed by atoms with Gasteiger partial charge in [-0.15, -0.1) is 0 Å². The lowest BCUT2D eigenvalue weighted by Crippen LogP contribution is -2.24. The number of carbonyl (C=O) groups is 3. The average Bonchev–Trinajstić information content (AvgIpc) is 2.80. The summed E-state index contributed by atoms with van der Waals surface area (Å²) in [5, 5.41) is 2.58. The van der Waals surface area contributed by atoms with E-state index in [1.54, 1.807) is 12.1 Å². The van der Waals surface area contributed by atoms with Crippen molar-refractivity contribution in [1.82, 2.24) is 0 Å². The summed E-state index contributed by atoms with van der Waals surface area (Å²) in [5.74, 6) is -2.11. The summed E-state index contributed by atoms with van der Waals surface area (Å²) < 4.78 is 45.8. The number of ketones is 1. The Balaban J connectivity index is 1.70. The first-order valence-electron chi connectivity index (χ1n) is 10.1. The van der Waals surface area contributed by atoms with Crippen LogP contribution in [0, 0.1) is 5.82 Å². The summed E-state index contributed by atoms with van der Waals surface area (Å²) in [5.41, 5.74) is 0.871. The molecule has 0 aliphatic rings. The number of esters is 1. The van der Waals surface area contributed by atoms with E-state index < -0.39 is 33.7 Å². The Morgan fingerprint density at radius 2 is 1.50 bits per heavy atom. The van der Waals surface area contributed by atoms with Gasteiger partial charge in [-0.3, -0.25) is 14.3 Å². The first-order valence-corrected chi connectivity index (χ1v) is 11.5. The maximum atomic E-state index is 13.0. The molecule has 3 rings (SSSR count). The summed E-state index contributed by atoms with van der Waals surface area (Å²) in [6.45, 7) is 2.76. The number of hydrogen-bond donors (Lipinski definition) is 2. The molecule has 0 aliphatic carbocycles. The van der Waals surface area contributed by atoms with Crippen LogP contribution >= 0.6 is 0 Å². The van der Waals surface area contributed by atoms with Gasteiger partial charge in [-0.05, 0) is 73.7 Å². The molecule has 3 aromatic rings. The molecule has 0 heterocycles. The van der Waals surface area contributed by atoms with Crippen LogP contribution in [0.3, 0.4) is 0 Å². The second-order valence-corrected chi connectivity index (χ2v) is 8.99. The number of benzene rings is 3. The number of ether oxygens (including phenoxy) is 1. The topological polar surface area (TPSA) is 119 Å². The van der Waals surface area contributed by atoms with E-state index in [2.05, 4.69) is 10.0 Å². The van der Waals surface area contributed by atoms with Gasteiger partial charge in [0.05, 0.1) is 10.5 Å². The molecule has 0 fully saturated rings. The molecule has 10 heteroatoms.